The molecular weight excluding hydrogens is 216 g/mol. The highest BCUT2D eigenvalue weighted by atomic mass is 32.1. The van der Waals surface area contributed by atoms with Gasteiger partial charge in [-0.05, 0) is 12.8 Å². The maximum atomic E-state index is 4.68. The van der Waals surface area contributed by atoms with Crippen LogP contribution in [0.5, 0.6) is 0 Å². The largest absolute Gasteiger partial charge is 0.308 e. The van der Waals surface area contributed by atoms with Gasteiger partial charge >= 0.3 is 0 Å². The second-order valence-corrected chi connectivity index (χ2v) is 6.27. The molecule has 1 N–H and O–H groups in total. The van der Waals surface area contributed by atoms with Gasteiger partial charge in [0.25, 0.3) is 0 Å². The number of aromatic nitrogens is 1. The van der Waals surface area contributed by atoms with Gasteiger partial charge in [0.15, 0.2) is 0 Å². The molecule has 1 aliphatic carbocycles. The summed E-state index contributed by atoms with van der Waals surface area (Å²) in [4.78, 5) is 4.68. The molecule has 0 unspecified atom stereocenters. The van der Waals surface area contributed by atoms with E-state index in [2.05, 4.69) is 48.6 Å². The van der Waals surface area contributed by atoms with E-state index in [1.165, 1.54) is 10.7 Å². The van der Waals surface area contributed by atoms with Crippen molar-refractivity contribution in [3.8, 4) is 0 Å². The molecule has 88 valence electrons. The van der Waals surface area contributed by atoms with Crippen LogP contribution in [0.2, 0.25) is 0 Å². The Hall–Kier alpha value is -0.670. The summed E-state index contributed by atoms with van der Waals surface area (Å²) in [5, 5.41) is 6.95. The second kappa shape index (κ2) is 4.68. The average molecular weight is 236 g/mol. The van der Waals surface area contributed by atoms with Crippen LogP contribution >= 0.6 is 11.3 Å². The van der Waals surface area contributed by atoms with E-state index in [0.717, 1.165) is 19.4 Å². The molecule has 0 saturated carbocycles. The van der Waals surface area contributed by atoms with Crippen molar-refractivity contribution in [2.75, 3.05) is 0 Å². The molecule has 0 aliphatic heterocycles. The molecule has 16 heavy (non-hydrogen) atoms. The molecule has 3 heteroatoms. The molecule has 1 aromatic rings. The van der Waals surface area contributed by atoms with Gasteiger partial charge in [0.05, 0.1) is 10.7 Å². The average Bonchev–Trinajstić information content (AvgIpc) is 2.85. The highest BCUT2D eigenvalue weighted by Gasteiger charge is 2.18. The topological polar surface area (TPSA) is 24.9 Å². The quantitative estimate of drug-likeness (QED) is 0.815. The molecule has 2 nitrogen and oxygen atoms in total. The van der Waals surface area contributed by atoms with Gasteiger partial charge < -0.3 is 5.32 Å². The zero-order chi connectivity index (χ0) is 11.6. The Morgan fingerprint density at radius 2 is 2.06 bits per heavy atom. The van der Waals surface area contributed by atoms with E-state index in [9.17, 15) is 0 Å². The van der Waals surface area contributed by atoms with E-state index in [-0.39, 0.29) is 5.41 Å². The van der Waals surface area contributed by atoms with Crippen LogP contribution < -0.4 is 5.32 Å². The zero-order valence-electron chi connectivity index (χ0n) is 10.3. The summed E-state index contributed by atoms with van der Waals surface area (Å²) in [6, 6.07) is 0.625. The van der Waals surface area contributed by atoms with Crippen LogP contribution in [-0.4, -0.2) is 11.0 Å². The molecule has 1 heterocycles. The van der Waals surface area contributed by atoms with Crippen molar-refractivity contribution >= 4 is 11.3 Å². The summed E-state index contributed by atoms with van der Waals surface area (Å²) in [5.41, 5.74) is 1.36. The molecule has 0 radical (unpaired) electrons. The SMILES string of the molecule is CC(C)(C)c1nc(CNC2CC=CC2)cs1. The Balaban J connectivity index is 1.88. The van der Waals surface area contributed by atoms with E-state index in [0.29, 0.717) is 6.04 Å². The maximum Gasteiger partial charge on any atom is 0.0982 e. The normalized spacial score (nSPS) is 17.2. The van der Waals surface area contributed by atoms with E-state index in [1.807, 2.05) is 0 Å². The van der Waals surface area contributed by atoms with Crippen molar-refractivity contribution in [1.29, 1.82) is 0 Å². The zero-order valence-corrected chi connectivity index (χ0v) is 11.1. The summed E-state index contributed by atoms with van der Waals surface area (Å²) >= 11 is 1.77. The molecule has 0 aromatic carbocycles. The van der Waals surface area contributed by atoms with E-state index in [1.54, 1.807) is 11.3 Å². The van der Waals surface area contributed by atoms with Crippen LogP contribution in [0.1, 0.15) is 44.3 Å². The Morgan fingerprint density at radius 1 is 1.38 bits per heavy atom. The van der Waals surface area contributed by atoms with Gasteiger partial charge in [-0.15, -0.1) is 11.3 Å². The number of nitrogens with one attached hydrogen (secondary N) is 1. The first kappa shape index (κ1) is 11.8. The van der Waals surface area contributed by atoms with Crippen LogP contribution in [0, 0.1) is 0 Å². The minimum absolute atomic E-state index is 0.178. The first-order valence-electron chi connectivity index (χ1n) is 5.89. The number of nitrogens with zero attached hydrogens (tertiary/aromatic N) is 1. The summed E-state index contributed by atoms with van der Waals surface area (Å²) < 4.78 is 0. The van der Waals surface area contributed by atoms with E-state index >= 15 is 0 Å². The molecular formula is C13H20N2S. The molecule has 0 spiro atoms. The lowest BCUT2D eigenvalue weighted by Gasteiger charge is -2.14. The van der Waals surface area contributed by atoms with Crippen LogP contribution in [0.25, 0.3) is 0 Å². The van der Waals surface area contributed by atoms with Gasteiger partial charge in [-0.1, -0.05) is 32.9 Å². The number of hydrogen-bond donors (Lipinski definition) is 1. The van der Waals surface area contributed by atoms with Gasteiger partial charge in [0, 0.05) is 23.4 Å². The standard InChI is InChI=1S/C13H20N2S/c1-13(2,3)12-15-11(9-16-12)8-14-10-6-4-5-7-10/h4-5,9-10,14H,6-8H2,1-3H3. The fourth-order valence-corrected chi connectivity index (χ4v) is 2.67. The molecule has 1 aromatic heterocycles. The van der Waals surface area contributed by atoms with Gasteiger partial charge in [-0.3, -0.25) is 0 Å². The minimum atomic E-state index is 0.178. The maximum absolute atomic E-state index is 4.68. The van der Waals surface area contributed by atoms with Crippen molar-refractivity contribution < 1.29 is 0 Å². The first-order chi connectivity index (χ1) is 7.55. The second-order valence-electron chi connectivity index (χ2n) is 5.41. The summed E-state index contributed by atoms with van der Waals surface area (Å²) in [5.74, 6) is 0. The molecule has 0 atom stereocenters. The Labute approximate surface area is 102 Å². The Bertz CT molecular complexity index is 366. The number of rotatable bonds is 3. The number of hydrogen-bond acceptors (Lipinski definition) is 3. The van der Waals surface area contributed by atoms with Crippen LogP contribution in [0.3, 0.4) is 0 Å². The Kier molecular flexibility index (Phi) is 3.45. The van der Waals surface area contributed by atoms with E-state index in [4.69, 9.17) is 0 Å². The van der Waals surface area contributed by atoms with Crippen molar-refractivity contribution in [2.45, 2.75) is 51.6 Å². The molecule has 0 fully saturated rings. The number of thiazole rings is 1. The summed E-state index contributed by atoms with van der Waals surface area (Å²) in [6.45, 7) is 7.54. The molecule has 0 bridgehead atoms. The predicted octanol–water partition coefficient (Wildman–Crippen LogP) is 3.25. The van der Waals surface area contributed by atoms with Crippen LogP contribution in [-0.2, 0) is 12.0 Å². The van der Waals surface area contributed by atoms with Gasteiger partial charge in [0.2, 0.25) is 0 Å². The third-order valence-corrected chi connectivity index (χ3v) is 4.09. The summed E-state index contributed by atoms with van der Waals surface area (Å²) in [6.07, 6.45) is 6.82. The van der Waals surface area contributed by atoms with Crippen molar-refractivity contribution in [1.82, 2.24) is 10.3 Å². The monoisotopic (exact) mass is 236 g/mol. The summed E-state index contributed by atoms with van der Waals surface area (Å²) in [7, 11) is 0. The minimum Gasteiger partial charge on any atom is -0.308 e. The molecule has 2 rings (SSSR count). The fraction of sp³-hybridized carbons (Fsp3) is 0.615. The van der Waals surface area contributed by atoms with Crippen LogP contribution in [0.4, 0.5) is 0 Å². The van der Waals surface area contributed by atoms with Crippen molar-refractivity contribution in [3.05, 3.63) is 28.2 Å². The van der Waals surface area contributed by atoms with Gasteiger partial charge in [0.1, 0.15) is 0 Å². The lowest BCUT2D eigenvalue weighted by Crippen LogP contribution is -2.25. The fourth-order valence-electron chi connectivity index (χ4n) is 1.77. The lowest BCUT2D eigenvalue weighted by molar-refractivity contribution is 0.529. The van der Waals surface area contributed by atoms with Crippen LogP contribution in [0.15, 0.2) is 17.5 Å². The van der Waals surface area contributed by atoms with Gasteiger partial charge in [-0.25, -0.2) is 4.98 Å². The third kappa shape index (κ3) is 2.92. The molecule has 1 aliphatic rings. The molecule has 0 saturated heterocycles. The lowest BCUT2D eigenvalue weighted by atomic mass is 9.98. The Morgan fingerprint density at radius 3 is 2.62 bits per heavy atom. The van der Waals surface area contributed by atoms with Crippen molar-refractivity contribution in [3.63, 3.8) is 0 Å². The highest BCUT2D eigenvalue weighted by molar-refractivity contribution is 7.09. The van der Waals surface area contributed by atoms with Gasteiger partial charge in [-0.2, -0.15) is 0 Å². The third-order valence-electron chi connectivity index (χ3n) is 2.77. The molecule has 0 amide bonds. The smallest absolute Gasteiger partial charge is 0.0982 e. The first-order valence-corrected chi connectivity index (χ1v) is 6.77. The highest BCUT2D eigenvalue weighted by Crippen LogP contribution is 2.25. The van der Waals surface area contributed by atoms with Crippen molar-refractivity contribution in [2.24, 2.45) is 0 Å². The predicted molar refractivity (Wildman–Crippen MR) is 69.8 cm³/mol. The van der Waals surface area contributed by atoms with E-state index < -0.39 is 0 Å².